The number of aliphatic carboxylic acids is 1. The first kappa shape index (κ1) is 42.4. The molecule has 6 fully saturated rings. The van der Waals surface area contributed by atoms with Crippen molar-refractivity contribution in [2.45, 2.75) is 180 Å². The molecule has 318 valence electrons. The van der Waals surface area contributed by atoms with Crippen molar-refractivity contribution in [1.82, 2.24) is 0 Å². The summed E-state index contributed by atoms with van der Waals surface area (Å²) in [4.78, 5) is 28.7. The van der Waals surface area contributed by atoms with Gasteiger partial charge >= 0.3 is 11.9 Å². The molecule has 8 N–H and O–H groups in total. The average Bonchev–Trinajstić information content (AvgIpc) is 3.13. The Morgan fingerprint density at radius 1 is 0.768 bits per heavy atom. The molecule has 7 rings (SSSR count). The van der Waals surface area contributed by atoms with Gasteiger partial charge in [-0.25, -0.2) is 0 Å². The van der Waals surface area contributed by atoms with E-state index >= 15 is 0 Å². The zero-order chi connectivity index (χ0) is 41.1. The fraction of sp³-hybridized carbons (Fsp3) is 0.905. The van der Waals surface area contributed by atoms with Gasteiger partial charge in [0.05, 0.1) is 29.6 Å². The van der Waals surface area contributed by atoms with Crippen molar-refractivity contribution in [3.05, 3.63) is 11.6 Å². The molecule has 14 heteroatoms. The lowest BCUT2D eigenvalue weighted by atomic mass is 9.33. The fourth-order valence-electron chi connectivity index (χ4n) is 13.6. The first-order valence-electron chi connectivity index (χ1n) is 20.8. The Kier molecular flexibility index (Phi) is 10.8. The highest BCUT2D eigenvalue weighted by Crippen LogP contribution is 2.76. The van der Waals surface area contributed by atoms with Crippen LogP contribution in [0.4, 0.5) is 0 Å². The molecule has 0 spiro atoms. The zero-order valence-corrected chi connectivity index (χ0v) is 34.0. The number of hydrogen-bond acceptors (Lipinski definition) is 13. The first-order valence-corrected chi connectivity index (χ1v) is 20.8. The van der Waals surface area contributed by atoms with Crippen molar-refractivity contribution >= 4 is 11.9 Å². The molecule has 0 aromatic rings. The van der Waals surface area contributed by atoms with Crippen molar-refractivity contribution in [2.24, 2.45) is 50.2 Å². The molecule has 56 heavy (non-hydrogen) atoms. The molecule has 0 unspecified atom stereocenters. The molecule has 2 saturated heterocycles. The van der Waals surface area contributed by atoms with E-state index in [2.05, 4.69) is 47.6 Å². The van der Waals surface area contributed by atoms with Crippen molar-refractivity contribution in [2.75, 3.05) is 6.61 Å². The topological polar surface area (TPSA) is 233 Å². The number of fused-ring (bicyclic) bond motifs is 7. The van der Waals surface area contributed by atoms with Crippen LogP contribution in [0.1, 0.15) is 113 Å². The number of rotatable bonds is 6. The first-order chi connectivity index (χ1) is 26.0. The second kappa shape index (κ2) is 14.2. The van der Waals surface area contributed by atoms with Crippen LogP contribution >= 0.6 is 0 Å². The standard InChI is InChI=1S/C42H66O14/c1-20-27(44)29(46)31(48)33(53-20)55-26-11-12-39(6)24(38(26,4)5)10-13-40(7)25(39)9-8-21-22-18-37(2,3)14-15-41(22,16-17-42(21,40)35(50)51)36(52)56-34-32(49)30(47)28(45)23(19-43)54-34/h8,20,22-34,43-49H,9-19H2,1-7H3,(H,50,51)/t20-,22+,23-,24-,25-,26+,27-,28-,29+,30+,31-,32-,33+,34+,39+,40-,41+,42-/m1/s1. The molecule has 14 nitrogen and oxygen atoms in total. The van der Waals surface area contributed by atoms with Crippen molar-refractivity contribution in [3.8, 4) is 0 Å². The lowest BCUT2D eigenvalue weighted by molar-refractivity contribution is -0.324. The number of ether oxygens (including phenoxy) is 4. The molecule has 2 heterocycles. The van der Waals surface area contributed by atoms with E-state index < -0.39 is 108 Å². The highest BCUT2D eigenvalue weighted by molar-refractivity contribution is 5.85. The van der Waals surface area contributed by atoms with Crippen LogP contribution in [-0.2, 0) is 28.5 Å². The summed E-state index contributed by atoms with van der Waals surface area (Å²) in [6.07, 6.45) is -6.40. The van der Waals surface area contributed by atoms with Gasteiger partial charge in [-0.2, -0.15) is 0 Å². The number of carboxylic acids is 1. The lowest BCUT2D eigenvalue weighted by Crippen LogP contribution is -2.68. The second-order valence-corrected chi connectivity index (χ2v) is 20.5. The van der Waals surface area contributed by atoms with Gasteiger partial charge in [-0.15, -0.1) is 0 Å². The van der Waals surface area contributed by atoms with Gasteiger partial charge in [-0.3, -0.25) is 9.59 Å². The van der Waals surface area contributed by atoms with E-state index in [4.69, 9.17) is 18.9 Å². The molecular formula is C42H66O14. The number of aliphatic hydroxyl groups is 7. The smallest absolute Gasteiger partial charge is 0.315 e. The predicted octanol–water partition coefficient (Wildman–Crippen LogP) is 2.41. The summed E-state index contributed by atoms with van der Waals surface area (Å²) >= 11 is 0. The van der Waals surface area contributed by atoms with Gasteiger partial charge in [0.25, 0.3) is 0 Å². The fourth-order valence-corrected chi connectivity index (χ4v) is 13.6. The zero-order valence-electron chi connectivity index (χ0n) is 34.0. The van der Waals surface area contributed by atoms with E-state index in [-0.39, 0.29) is 41.6 Å². The van der Waals surface area contributed by atoms with E-state index in [1.807, 2.05) is 0 Å². The minimum Gasteiger partial charge on any atom is -0.481 e. The normalized spacial score (nSPS) is 52.3. The Labute approximate surface area is 329 Å². The largest absolute Gasteiger partial charge is 0.481 e. The SMILES string of the molecule is C[C@H]1O[C@@H](O[C@H]2CC[C@@]3(C)[C@H](CC[C@]4(C)[C@@H]3CC=C3[C@@H]5CC(C)(C)CC[C@]5(C(=O)O[C@@H]5O[C@H](CO)[C@@H](O)[C@H](O)[C@H]5O)CC[C@]34C(=O)O)C2(C)C)[C@H](O)[C@@H](O)[C@@H]1O. The maximum atomic E-state index is 14.6. The van der Waals surface area contributed by atoms with Crippen LogP contribution < -0.4 is 0 Å². The molecule has 2 aliphatic heterocycles. The maximum absolute atomic E-state index is 14.6. The number of aliphatic hydroxyl groups excluding tert-OH is 7. The third-order valence-electron chi connectivity index (χ3n) is 17.0. The molecule has 7 aliphatic rings. The molecule has 0 aromatic heterocycles. The van der Waals surface area contributed by atoms with E-state index in [0.29, 0.717) is 38.5 Å². The van der Waals surface area contributed by atoms with Gasteiger partial charge in [0.2, 0.25) is 6.29 Å². The minimum absolute atomic E-state index is 0.00694. The second-order valence-electron chi connectivity index (χ2n) is 20.5. The predicted molar refractivity (Wildman–Crippen MR) is 198 cm³/mol. The van der Waals surface area contributed by atoms with E-state index in [1.54, 1.807) is 6.92 Å². The molecular weight excluding hydrogens is 728 g/mol. The van der Waals surface area contributed by atoms with E-state index in [0.717, 1.165) is 18.4 Å². The lowest BCUT2D eigenvalue weighted by Gasteiger charge is -2.70. The van der Waals surface area contributed by atoms with Crippen LogP contribution in [0.15, 0.2) is 11.6 Å². The van der Waals surface area contributed by atoms with E-state index in [1.165, 1.54) is 0 Å². The summed E-state index contributed by atoms with van der Waals surface area (Å²) in [5, 5.41) is 84.4. The third kappa shape index (κ3) is 6.01. The number of carbonyl (C=O) groups excluding carboxylic acids is 1. The monoisotopic (exact) mass is 794 g/mol. The highest BCUT2D eigenvalue weighted by atomic mass is 16.7. The molecule has 5 aliphatic carbocycles. The quantitative estimate of drug-likeness (QED) is 0.110. The van der Waals surface area contributed by atoms with Gasteiger partial charge in [0.1, 0.15) is 42.7 Å². The van der Waals surface area contributed by atoms with Crippen LogP contribution in [0.2, 0.25) is 0 Å². The number of hydrogen-bond donors (Lipinski definition) is 8. The van der Waals surface area contributed by atoms with Crippen molar-refractivity contribution < 1.29 is 69.4 Å². The summed E-state index contributed by atoms with van der Waals surface area (Å²) in [6.45, 7) is 14.1. The third-order valence-corrected chi connectivity index (χ3v) is 17.0. The molecule has 4 saturated carbocycles. The summed E-state index contributed by atoms with van der Waals surface area (Å²) in [7, 11) is 0. The Bertz CT molecular complexity index is 1560. The van der Waals surface area contributed by atoms with Crippen LogP contribution in [0, 0.1) is 50.2 Å². The van der Waals surface area contributed by atoms with Gasteiger partial charge in [-0.1, -0.05) is 53.2 Å². The molecule has 0 radical (unpaired) electrons. The summed E-state index contributed by atoms with van der Waals surface area (Å²) in [5.74, 6) is -1.85. The summed E-state index contributed by atoms with van der Waals surface area (Å²) in [5.41, 5.74) is -3.13. The summed E-state index contributed by atoms with van der Waals surface area (Å²) < 4.78 is 23.8. The number of carbonyl (C=O) groups is 2. The Hall–Kier alpha value is -1.72. The maximum Gasteiger partial charge on any atom is 0.315 e. The van der Waals surface area contributed by atoms with Crippen LogP contribution in [0.3, 0.4) is 0 Å². The minimum atomic E-state index is -1.74. The average molecular weight is 795 g/mol. The Balaban J connectivity index is 1.20. The van der Waals surface area contributed by atoms with Crippen molar-refractivity contribution in [3.63, 3.8) is 0 Å². The Morgan fingerprint density at radius 2 is 1.41 bits per heavy atom. The van der Waals surface area contributed by atoms with Gasteiger partial charge < -0.3 is 59.8 Å². The molecule has 0 amide bonds. The van der Waals surface area contributed by atoms with Crippen LogP contribution in [0.5, 0.6) is 0 Å². The number of carboxylic acid groups (broad SMARTS) is 1. The van der Waals surface area contributed by atoms with Crippen LogP contribution in [-0.4, -0.2) is 127 Å². The number of esters is 1. The van der Waals surface area contributed by atoms with E-state index in [9.17, 15) is 50.4 Å². The highest BCUT2D eigenvalue weighted by Gasteiger charge is 2.73. The Morgan fingerprint density at radius 3 is 2.07 bits per heavy atom. The van der Waals surface area contributed by atoms with Gasteiger partial charge in [0, 0.05) is 0 Å². The molecule has 18 atom stereocenters. The van der Waals surface area contributed by atoms with Crippen LogP contribution in [0.25, 0.3) is 0 Å². The summed E-state index contributed by atoms with van der Waals surface area (Å²) in [6, 6.07) is 0. The molecule has 0 bridgehead atoms. The molecule has 0 aromatic carbocycles. The van der Waals surface area contributed by atoms with Gasteiger partial charge in [-0.05, 0) is 111 Å². The van der Waals surface area contributed by atoms with Gasteiger partial charge in [0.15, 0.2) is 6.29 Å². The van der Waals surface area contributed by atoms with Crippen molar-refractivity contribution in [1.29, 1.82) is 0 Å². The number of allylic oxidation sites excluding steroid dienone is 1.